The lowest BCUT2D eigenvalue weighted by atomic mass is 10.1. The molecule has 1 aliphatic carbocycles. The van der Waals surface area contributed by atoms with Crippen LogP contribution in [0.3, 0.4) is 0 Å². The molecule has 1 saturated carbocycles. The van der Waals surface area contributed by atoms with Crippen LogP contribution in [0.1, 0.15) is 24.5 Å². The Morgan fingerprint density at radius 3 is 2.81 bits per heavy atom. The van der Waals surface area contributed by atoms with Gasteiger partial charge in [-0.3, -0.25) is 0 Å². The predicted octanol–water partition coefficient (Wildman–Crippen LogP) is 1.34. The molecule has 0 bridgehead atoms. The lowest BCUT2D eigenvalue weighted by Crippen LogP contribution is -1.97. The minimum absolute atomic E-state index is 0.534. The van der Waals surface area contributed by atoms with Gasteiger partial charge in [0, 0.05) is 24.7 Å². The monoisotopic (exact) mass is 215 g/mol. The fourth-order valence-electron chi connectivity index (χ4n) is 1.88. The van der Waals surface area contributed by atoms with Gasteiger partial charge in [0.05, 0.1) is 11.4 Å². The maximum atomic E-state index is 5.58. The molecule has 0 aliphatic heterocycles. The zero-order chi connectivity index (χ0) is 11.1. The second-order valence-corrected chi connectivity index (χ2v) is 4.19. The summed E-state index contributed by atoms with van der Waals surface area (Å²) in [6.45, 7) is 0. The lowest BCUT2D eigenvalue weighted by molar-refractivity contribution is 0.718. The molecule has 2 aromatic rings. The summed E-state index contributed by atoms with van der Waals surface area (Å²) in [6.07, 6.45) is 4.21. The topological polar surface area (TPSA) is 69.6 Å². The van der Waals surface area contributed by atoms with Crippen molar-refractivity contribution in [1.82, 2.24) is 20.0 Å². The number of nitrogens with zero attached hydrogens (tertiary/aromatic N) is 4. The normalized spacial score (nSPS) is 15.3. The van der Waals surface area contributed by atoms with Crippen molar-refractivity contribution in [2.24, 2.45) is 7.05 Å². The van der Waals surface area contributed by atoms with E-state index in [0.717, 1.165) is 17.0 Å². The average molecular weight is 215 g/mol. The van der Waals surface area contributed by atoms with Gasteiger partial charge in [0.2, 0.25) is 0 Å². The number of pyridine rings is 1. The molecule has 2 heterocycles. The standard InChI is InChI=1S/C11H13N5/c1-16-11(8-4-5-9(12)13-6-8)10(14-15-16)7-2-3-7/h4-7H,2-3H2,1H3,(H2,12,13). The van der Waals surface area contributed by atoms with Crippen LogP contribution in [0, 0.1) is 0 Å². The Morgan fingerprint density at radius 2 is 2.19 bits per heavy atom. The van der Waals surface area contributed by atoms with Crippen LogP contribution < -0.4 is 5.73 Å². The minimum atomic E-state index is 0.534. The molecule has 2 aromatic heterocycles. The first kappa shape index (κ1) is 9.33. The summed E-state index contributed by atoms with van der Waals surface area (Å²) in [5, 5.41) is 8.31. The van der Waals surface area contributed by atoms with Gasteiger partial charge in [0.25, 0.3) is 0 Å². The molecule has 0 radical (unpaired) electrons. The summed E-state index contributed by atoms with van der Waals surface area (Å²) in [5.74, 6) is 1.12. The van der Waals surface area contributed by atoms with E-state index in [2.05, 4.69) is 15.3 Å². The second-order valence-electron chi connectivity index (χ2n) is 4.19. The highest BCUT2D eigenvalue weighted by atomic mass is 15.4. The lowest BCUT2D eigenvalue weighted by Gasteiger charge is -2.03. The van der Waals surface area contributed by atoms with Crippen LogP contribution >= 0.6 is 0 Å². The molecular formula is C11H13N5. The van der Waals surface area contributed by atoms with E-state index in [1.54, 1.807) is 16.9 Å². The number of aromatic nitrogens is 4. The predicted molar refractivity (Wildman–Crippen MR) is 60.6 cm³/mol. The Balaban J connectivity index is 2.10. The van der Waals surface area contributed by atoms with Gasteiger partial charge in [-0.1, -0.05) is 5.21 Å². The SMILES string of the molecule is Cn1nnc(C2CC2)c1-c1ccc(N)nc1. The Morgan fingerprint density at radius 1 is 1.38 bits per heavy atom. The average Bonchev–Trinajstić information content (AvgIpc) is 3.05. The fraction of sp³-hybridized carbons (Fsp3) is 0.364. The third-order valence-electron chi connectivity index (χ3n) is 2.88. The first-order valence-corrected chi connectivity index (χ1v) is 5.37. The Hall–Kier alpha value is -1.91. The maximum absolute atomic E-state index is 5.58. The second kappa shape index (κ2) is 3.30. The highest BCUT2D eigenvalue weighted by Gasteiger charge is 2.30. The van der Waals surface area contributed by atoms with Crippen molar-refractivity contribution in [3.8, 4) is 11.3 Å². The van der Waals surface area contributed by atoms with E-state index < -0.39 is 0 Å². The summed E-state index contributed by atoms with van der Waals surface area (Å²) < 4.78 is 1.81. The maximum Gasteiger partial charge on any atom is 0.123 e. The first-order valence-electron chi connectivity index (χ1n) is 5.37. The highest BCUT2D eigenvalue weighted by Crippen LogP contribution is 2.42. The molecule has 82 valence electrons. The molecular weight excluding hydrogens is 202 g/mol. The zero-order valence-electron chi connectivity index (χ0n) is 9.09. The van der Waals surface area contributed by atoms with Crippen LogP contribution in [0.2, 0.25) is 0 Å². The van der Waals surface area contributed by atoms with E-state index >= 15 is 0 Å². The van der Waals surface area contributed by atoms with Gasteiger partial charge in [-0.15, -0.1) is 5.10 Å². The van der Waals surface area contributed by atoms with E-state index in [0.29, 0.717) is 11.7 Å². The molecule has 0 unspecified atom stereocenters. The minimum Gasteiger partial charge on any atom is -0.384 e. The van der Waals surface area contributed by atoms with E-state index in [1.165, 1.54) is 12.8 Å². The molecule has 2 N–H and O–H groups in total. The van der Waals surface area contributed by atoms with Crippen LogP contribution in [-0.4, -0.2) is 20.0 Å². The van der Waals surface area contributed by atoms with Gasteiger partial charge in [-0.25, -0.2) is 9.67 Å². The number of aryl methyl sites for hydroxylation is 1. The Bertz CT molecular complexity index is 510. The van der Waals surface area contributed by atoms with Gasteiger partial charge in [-0.2, -0.15) is 0 Å². The van der Waals surface area contributed by atoms with Crippen LogP contribution in [0.25, 0.3) is 11.3 Å². The summed E-state index contributed by atoms with van der Waals surface area (Å²) in [5.41, 5.74) is 8.77. The molecule has 0 aromatic carbocycles. The number of hydrogen-bond acceptors (Lipinski definition) is 4. The van der Waals surface area contributed by atoms with Crippen molar-refractivity contribution in [1.29, 1.82) is 0 Å². The van der Waals surface area contributed by atoms with Crippen molar-refractivity contribution < 1.29 is 0 Å². The molecule has 1 fully saturated rings. The Labute approximate surface area is 93.3 Å². The number of nitrogens with two attached hydrogens (primary N) is 1. The van der Waals surface area contributed by atoms with Crippen molar-refractivity contribution >= 4 is 5.82 Å². The molecule has 16 heavy (non-hydrogen) atoms. The molecule has 0 atom stereocenters. The van der Waals surface area contributed by atoms with E-state index in [4.69, 9.17) is 5.73 Å². The van der Waals surface area contributed by atoms with Crippen molar-refractivity contribution in [3.05, 3.63) is 24.0 Å². The van der Waals surface area contributed by atoms with Crippen LogP contribution in [-0.2, 0) is 7.05 Å². The molecule has 1 aliphatic rings. The van der Waals surface area contributed by atoms with E-state index in [1.807, 2.05) is 13.1 Å². The summed E-state index contributed by atoms with van der Waals surface area (Å²) in [6, 6.07) is 3.77. The molecule has 3 rings (SSSR count). The number of rotatable bonds is 2. The highest BCUT2D eigenvalue weighted by molar-refractivity contribution is 5.63. The van der Waals surface area contributed by atoms with Crippen molar-refractivity contribution in [2.75, 3.05) is 5.73 Å². The molecule has 5 heteroatoms. The van der Waals surface area contributed by atoms with Crippen LogP contribution in [0.4, 0.5) is 5.82 Å². The quantitative estimate of drug-likeness (QED) is 0.820. The molecule has 5 nitrogen and oxygen atoms in total. The summed E-state index contributed by atoms with van der Waals surface area (Å²) in [7, 11) is 1.91. The third-order valence-corrected chi connectivity index (χ3v) is 2.88. The van der Waals surface area contributed by atoms with E-state index in [-0.39, 0.29) is 0 Å². The van der Waals surface area contributed by atoms with Gasteiger partial charge < -0.3 is 5.73 Å². The summed E-state index contributed by atoms with van der Waals surface area (Å²) >= 11 is 0. The van der Waals surface area contributed by atoms with Crippen LogP contribution in [0.15, 0.2) is 18.3 Å². The molecule has 0 amide bonds. The molecule has 0 spiro atoms. The zero-order valence-corrected chi connectivity index (χ0v) is 9.09. The largest absolute Gasteiger partial charge is 0.384 e. The molecule has 0 saturated heterocycles. The van der Waals surface area contributed by atoms with Crippen LogP contribution in [0.5, 0.6) is 0 Å². The van der Waals surface area contributed by atoms with Crippen molar-refractivity contribution in [3.63, 3.8) is 0 Å². The van der Waals surface area contributed by atoms with Gasteiger partial charge in [-0.05, 0) is 25.0 Å². The Kier molecular flexibility index (Phi) is 1.92. The fourth-order valence-corrected chi connectivity index (χ4v) is 1.88. The van der Waals surface area contributed by atoms with E-state index in [9.17, 15) is 0 Å². The van der Waals surface area contributed by atoms with Gasteiger partial charge in [0.15, 0.2) is 0 Å². The smallest absolute Gasteiger partial charge is 0.123 e. The number of hydrogen-bond donors (Lipinski definition) is 1. The van der Waals surface area contributed by atoms with Gasteiger partial charge in [0.1, 0.15) is 5.82 Å². The summed E-state index contributed by atoms with van der Waals surface area (Å²) in [4.78, 5) is 4.11. The number of nitrogen functional groups attached to an aromatic ring is 1. The van der Waals surface area contributed by atoms with Gasteiger partial charge >= 0.3 is 0 Å². The first-order chi connectivity index (χ1) is 7.75. The van der Waals surface area contributed by atoms with Crippen molar-refractivity contribution in [2.45, 2.75) is 18.8 Å². The number of anilines is 1. The third kappa shape index (κ3) is 1.44.